The minimum atomic E-state index is -1.57. The van der Waals surface area contributed by atoms with Crippen molar-refractivity contribution in [1.29, 1.82) is 5.26 Å². The van der Waals surface area contributed by atoms with Gasteiger partial charge < -0.3 is 0 Å². The molecular formula is C11H10F3N5. The zero-order valence-corrected chi connectivity index (χ0v) is 9.78. The van der Waals surface area contributed by atoms with E-state index >= 15 is 0 Å². The number of nitrogens with one attached hydrogen (secondary N) is 1. The van der Waals surface area contributed by atoms with Crippen LogP contribution in [0.5, 0.6) is 0 Å². The predicted octanol–water partition coefficient (Wildman–Crippen LogP) is 2.96. The standard InChI is InChI=1S/C11H10F3N5/c12-8-4-7(5-9(13)11(8)14)10(6-15)17-2-1-3-18-19-16/h4-5,10,17H,1-3H2. The SMILES string of the molecule is N#CC(NCCCN=[N+]=[N-])c1cc(F)c(F)c(F)c1. The average Bonchev–Trinajstić information content (AvgIpc) is 2.39. The van der Waals surface area contributed by atoms with Crippen molar-refractivity contribution >= 4 is 0 Å². The molecule has 1 aromatic carbocycles. The van der Waals surface area contributed by atoms with E-state index in [2.05, 4.69) is 15.3 Å². The molecule has 0 spiro atoms. The number of halogens is 3. The highest BCUT2D eigenvalue weighted by Crippen LogP contribution is 2.19. The summed E-state index contributed by atoms with van der Waals surface area (Å²) in [6, 6.07) is 2.39. The summed E-state index contributed by atoms with van der Waals surface area (Å²) in [6.45, 7) is 0.561. The van der Waals surface area contributed by atoms with Gasteiger partial charge in [-0.3, -0.25) is 5.32 Å². The number of rotatable bonds is 6. The van der Waals surface area contributed by atoms with Gasteiger partial charge >= 0.3 is 0 Å². The molecule has 0 aliphatic carbocycles. The molecule has 19 heavy (non-hydrogen) atoms. The monoisotopic (exact) mass is 269 g/mol. The number of nitrogens with zero attached hydrogens (tertiary/aromatic N) is 4. The molecule has 1 unspecified atom stereocenters. The van der Waals surface area contributed by atoms with Gasteiger partial charge in [-0.25, -0.2) is 13.2 Å². The molecule has 0 amide bonds. The van der Waals surface area contributed by atoms with Crippen LogP contribution >= 0.6 is 0 Å². The number of nitriles is 1. The molecule has 0 heterocycles. The Bertz CT molecular complexity index is 511. The second kappa shape index (κ2) is 7.26. The molecule has 0 aromatic heterocycles. The van der Waals surface area contributed by atoms with Crippen molar-refractivity contribution in [2.75, 3.05) is 13.1 Å². The first-order valence-corrected chi connectivity index (χ1v) is 5.38. The lowest BCUT2D eigenvalue weighted by Gasteiger charge is -2.12. The third-order valence-corrected chi connectivity index (χ3v) is 2.32. The molecule has 1 atom stereocenters. The van der Waals surface area contributed by atoms with Crippen LogP contribution in [0.1, 0.15) is 18.0 Å². The maximum Gasteiger partial charge on any atom is 0.194 e. The number of hydrogen-bond donors (Lipinski definition) is 1. The smallest absolute Gasteiger partial charge is 0.194 e. The van der Waals surface area contributed by atoms with Gasteiger partial charge in [0.15, 0.2) is 17.5 Å². The Morgan fingerprint density at radius 1 is 1.37 bits per heavy atom. The lowest BCUT2D eigenvalue weighted by molar-refractivity contribution is 0.443. The summed E-state index contributed by atoms with van der Waals surface area (Å²) in [7, 11) is 0. The van der Waals surface area contributed by atoms with Crippen LogP contribution in [0.4, 0.5) is 13.2 Å². The van der Waals surface area contributed by atoms with E-state index in [0.717, 1.165) is 12.1 Å². The fourth-order valence-electron chi connectivity index (χ4n) is 1.42. The molecule has 0 aliphatic rings. The van der Waals surface area contributed by atoms with Gasteiger partial charge in [0.05, 0.1) is 6.07 Å². The normalized spacial score (nSPS) is 11.5. The molecule has 8 heteroatoms. The van der Waals surface area contributed by atoms with Crippen molar-refractivity contribution in [3.8, 4) is 6.07 Å². The van der Waals surface area contributed by atoms with Crippen molar-refractivity contribution in [2.45, 2.75) is 12.5 Å². The van der Waals surface area contributed by atoms with Crippen LogP contribution in [0.3, 0.4) is 0 Å². The third-order valence-electron chi connectivity index (χ3n) is 2.32. The van der Waals surface area contributed by atoms with Gasteiger partial charge in [-0.1, -0.05) is 5.11 Å². The van der Waals surface area contributed by atoms with E-state index in [0.29, 0.717) is 13.0 Å². The molecule has 0 aliphatic heterocycles. The van der Waals surface area contributed by atoms with E-state index in [1.54, 1.807) is 0 Å². The fraction of sp³-hybridized carbons (Fsp3) is 0.364. The Balaban J connectivity index is 2.70. The Morgan fingerprint density at radius 2 is 2.00 bits per heavy atom. The molecule has 0 saturated heterocycles. The van der Waals surface area contributed by atoms with E-state index in [-0.39, 0.29) is 12.1 Å². The van der Waals surface area contributed by atoms with Gasteiger partial charge in [-0.15, -0.1) is 0 Å². The van der Waals surface area contributed by atoms with E-state index < -0.39 is 23.5 Å². The minimum absolute atomic E-state index is 0.00249. The summed E-state index contributed by atoms with van der Waals surface area (Å²) >= 11 is 0. The highest BCUT2D eigenvalue weighted by Gasteiger charge is 2.16. The minimum Gasteiger partial charge on any atom is -0.298 e. The largest absolute Gasteiger partial charge is 0.298 e. The van der Waals surface area contributed by atoms with Crippen molar-refractivity contribution in [3.05, 3.63) is 45.6 Å². The molecule has 1 aromatic rings. The van der Waals surface area contributed by atoms with E-state index in [1.165, 1.54) is 0 Å². The summed E-state index contributed by atoms with van der Waals surface area (Å²) in [5.41, 5.74) is 8.06. The van der Waals surface area contributed by atoms with Gasteiger partial charge in [0.25, 0.3) is 0 Å². The first-order chi connectivity index (χ1) is 9.10. The van der Waals surface area contributed by atoms with Crippen molar-refractivity contribution in [3.63, 3.8) is 0 Å². The zero-order chi connectivity index (χ0) is 14.3. The number of azide groups is 1. The van der Waals surface area contributed by atoms with Crippen LogP contribution in [-0.2, 0) is 0 Å². The highest BCUT2D eigenvalue weighted by molar-refractivity contribution is 5.26. The molecule has 1 rings (SSSR count). The van der Waals surface area contributed by atoms with Crippen LogP contribution in [0.2, 0.25) is 0 Å². The van der Waals surface area contributed by atoms with Crippen molar-refractivity contribution in [2.24, 2.45) is 5.11 Å². The Hall–Kier alpha value is -2.23. The van der Waals surface area contributed by atoms with Crippen LogP contribution in [0.25, 0.3) is 10.4 Å². The summed E-state index contributed by atoms with van der Waals surface area (Å²) < 4.78 is 38.8. The van der Waals surface area contributed by atoms with Crippen LogP contribution in [-0.4, -0.2) is 13.1 Å². The quantitative estimate of drug-likeness (QED) is 0.283. The third kappa shape index (κ3) is 4.17. The molecule has 5 nitrogen and oxygen atoms in total. The molecular weight excluding hydrogens is 259 g/mol. The maximum atomic E-state index is 13.0. The molecule has 0 fully saturated rings. The van der Waals surface area contributed by atoms with Crippen LogP contribution in [0, 0.1) is 28.8 Å². The second-order valence-electron chi connectivity index (χ2n) is 3.62. The van der Waals surface area contributed by atoms with Crippen molar-refractivity contribution in [1.82, 2.24) is 5.32 Å². The zero-order valence-electron chi connectivity index (χ0n) is 9.78. The Morgan fingerprint density at radius 3 is 2.53 bits per heavy atom. The van der Waals surface area contributed by atoms with Crippen LogP contribution in [0.15, 0.2) is 17.2 Å². The fourth-order valence-corrected chi connectivity index (χ4v) is 1.42. The average molecular weight is 269 g/mol. The first kappa shape index (κ1) is 14.8. The van der Waals surface area contributed by atoms with Crippen molar-refractivity contribution < 1.29 is 13.2 Å². The Labute approximate surface area is 107 Å². The summed E-state index contributed by atoms with van der Waals surface area (Å²) in [5.74, 6) is -4.25. The Kier molecular flexibility index (Phi) is 5.67. The maximum absolute atomic E-state index is 13.0. The summed E-state index contributed by atoms with van der Waals surface area (Å²) in [6.07, 6.45) is 0.467. The predicted molar refractivity (Wildman–Crippen MR) is 61.3 cm³/mol. The lowest BCUT2D eigenvalue weighted by atomic mass is 10.1. The second-order valence-corrected chi connectivity index (χ2v) is 3.62. The summed E-state index contributed by atoms with van der Waals surface area (Å²) in [5, 5.41) is 14.9. The molecule has 100 valence electrons. The summed E-state index contributed by atoms with van der Waals surface area (Å²) in [4.78, 5) is 2.55. The highest BCUT2D eigenvalue weighted by atomic mass is 19.2. The number of hydrogen-bond acceptors (Lipinski definition) is 3. The van der Waals surface area contributed by atoms with Gasteiger partial charge in [-0.2, -0.15) is 5.26 Å². The lowest BCUT2D eigenvalue weighted by Crippen LogP contribution is -2.22. The first-order valence-electron chi connectivity index (χ1n) is 5.38. The van der Waals surface area contributed by atoms with Gasteiger partial charge in [0.2, 0.25) is 0 Å². The number of benzene rings is 1. The van der Waals surface area contributed by atoms with Gasteiger partial charge in [0.1, 0.15) is 6.04 Å². The van der Waals surface area contributed by atoms with Gasteiger partial charge in [0, 0.05) is 11.5 Å². The topological polar surface area (TPSA) is 84.6 Å². The van der Waals surface area contributed by atoms with E-state index in [4.69, 9.17) is 10.8 Å². The van der Waals surface area contributed by atoms with E-state index in [9.17, 15) is 13.2 Å². The molecule has 0 bridgehead atoms. The molecule has 1 N–H and O–H groups in total. The van der Waals surface area contributed by atoms with Gasteiger partial charge in [-0.05, 0) is 36.2 Å². The molecule has 0 saturated carbocycles. The molecule has 0 radical (unpaired) electrons. The van der Waals surface area contributed by atoms with Crippen LogP contribution < -0.4 is 5.32 Å². The van der Waals surface area contributed by atoms with E-state index in [1.807, 2.05) is 6.07 Å².